The summed E-state index contributed by atoms with van der Waals surface area (Å²) in [6, 6.07) is 13.6. The van der Waals surface area contributed by atoms with E-state index in [1.165, 1.54) is 6.92 Å². The molecule has 0 spiro atoms. The molecule has 3 aromatic rings. The highest BCUT2D eigenvalue weighted by Crippen LogP contribution is 2.31. The van der Waals surface area contributed by atoms with Crippen LogP contribution in [0, 0.1) is 0 Å². The SMILES string of the molecule is CCOC(Cc1ccc(OCCn2c(C(F)(F)F)nc3ccccc32)cc1)C(C)=O. The van der Waals surface area contributed by atoms with Gasteiger partial charge in [-0.1, -0.05) is 24.3 Å². The number of rotatable bonds is 9. The summed E-state index contributed by atoms with van der Waals surface area (Å²) >= 11 is 0. The lowest BCUT2D eigenvalue weighted by molar-refractivity contribution is -0.147. The van der Waals surface area contributed by atoms with E-state index in [1.54, 1.807) is 36.4 Å². The van der Waals surface area contributed by atoms with Crippen LogP contribution in [0.4, 0.5) is 13.2 Å². The molecule has 1 unspecified atom stereocenters. The van der Waals surface area contributed by atoms with E-state index < -0.39 is 18.1 Å². The van der Waals surface area contributed by atoms with Crippen LogP contribution in [0.1, 0.15) is 25.2 Å². The molecular formula is C22H23F3N2O3. The Morgan fingerprint density at radius 1 is 1.13 bits per heavy atom. The standard InChI is InChI=1S/C22H23F3N2O3/c1-3-29-20(15(2)28)14-16-8-10-17(11-9-16)30-13-12-27-19-7-5-4-6-18(19)26-21(27)22(23,24)25/h4-11,20H,3,12-14H2,1-2H3. The molecule has 0 aliphatic rings. The van der Waals surface area contributed by atoms with Crippen molar-refractivity contribution in [3.63, 3.8) is 0 Å². The summed E-state index contributed by atoms with van der Waals surface area (Å²) in [6.07, 6.45) is -4.58. The van der Waals surface area contributed by atoms with Crippen LogP contribution in [0.3, 0.4) is 0 Å². The van der Waals surface area contributed by atoms with E-state index >= 15 is 0 Å². The van der Waals surface area contributed by atoms with Crippen molar-refractivity contribution in [1.82, 2.24) is 9.55 Å². The fraction of sp³-hybridized carbons (Fsp3) is 0.364. The summed E-state index contributed by atoms with van der Waals surface area (Å²) < 4.78 is 52.2. The summed E-state index contributed by atoms with van der Waals surface area (Å²) in [6.45, 7) is 3.84. The van der Waals surface area contributed by atoms with E-state index in [-0.39, 0.29) is 18.9 Å². The average molecular weight is 420 g/mol. The summed E-state index contributed by atoms with van der Waals surface area (Å²) in [5, 5.41) is 0. The van der Waals surface area contributed by atoms with E-state index in [2.05, 4.69) is 4.98 Å². The number of alkyl halides is 3. The molecule has 8 heteroatoms. The fourth-order valence-electron chi connectivity index (χ4n) is 3.23. The highest BCUT2D eigenvalue weighted by atomic mass is 19.4. The van der Waals surface area contributed by atoms with E-state index in [1.807, 2.05) is 19.1 Å². The Labute approximate surface area is 172 Å². The van der Waals surface area contributed by atoms with Crippen molar-refractivity contribution in [3.05, 3.63) is 59.9 Å². The number of hydrogen-bond donors (Lipinski definition) is 0. The fourth-order valence-corrected chi connectivity index (χ4v) is 3.23. The lowest BCUT2D eigenvalue weighted by Crippen LogP contribution is -2.24. The quantitative estimate of drug-likeness (QED) is 0.505. The number of Topliss-reactive ketones (excluding diaryl/α,β-unsaturated/α-hetero) is 1. The van der Waals surface area contributed by atoms with Gasteiger partial charge in [0.15, 0.2) is 5.78 Å². The average Bonchev–Trinajstić information content (AvgIpc) is 3.08. The molecular weight excluding hydrogens is 397 g/mol. The van der Waals surface area contributed by atoms with E-state index in [4.69, 9.17) is 9.47 Å². The van der Waals surface area contributed by atoms with Crippen LogP contribution >= 0.6 is 0 Å². The molecule has 2 aromatic carbocycles. The lowest BCUT2D eigenvalue weighted by atomic mass is 10.1. The molecule has 0 saturated heterocycles. The second-order valence-electron chi connectivity index (χ2n) is 6.82. The van der Waals surface area contributed by atoms with Crippen molar-refractivity contribution >= 4 is 16.8 Å². The molecule has 0 radical (unpaired) electrons. The van der Waals surface area contributed by atoms with Crippen LogP contribution < -0.4 is 4.74 Å². The van der Waals surface area contributed by atoms with E-state index in [0.717, 1.165) is 10.1 Å². The van der Waals surface area contributed by atoms with Gasteiger partial charge in [0.25, 0.3) is 0 Å². The molecule has 160 valence electrons. The molecule has 1 heterocycles. The van der Waals surface area contributed by atoms with Crippen LogP contribution in [0.15, 0.2) is 48.5 Å². The molecule has 5 nitrogen and oxygen atoms in total. The van der Waals surface area contributed by atoms with Crippen LogP contribution in [-0.4, -0.2) is 34.7 Å². The highest BCUT2D eigenvalue weighted by Gasteiger charge is 2.37. The van der Waals surface area contributed by atoms with Gasteiger partial charge in [-0.15, -0.1) is 0 Å². The van der Waals surface area contributed by atoms with Gasteiger partial charge >= 0.3 is 6.18 Å². The summed E-state index contributed by atoms with van der Waals surface area (Å²) in [5.74, 6) is -0.438. The number of hydrogen-bond acceptors (Lipinski definition) is 4. The normalized spacial score (nSPS) is 12.8. The van der Waals surface area contributed by atoms with Gasteiger partial charge in [-0.2, -0.15) is 13.2 Å². The maximum Gasteiger partial charge on any atom is 0.449 e. The van der Waals surface area contributed by atoms with Gasteiger partial charge in [0.2, 0.25) is 5.82 Å². The zero-order valence-corrected chi connectivity index (χ0v) is 16.8. The zero-order valence-electron chi connectivity index (χ0n) is 16.8. The van der Waals surface area contributed by atoms with Crippen LogP contribution in [0.5, 0.6) is 5.75 Å². The Kier molecular flexibility index (Phi) is 6.77. The minimum atomic E-state index is -4.55. The molecule has 0 fully saturated rings. The summed E-state index contributed by atoms with van der Waals surface area (Å²) in [7, 11) is 0. The van der Waals surface area contributed by atoms with Crippen molar-refractivity contribution in [2.45, 2.75) is 39.1 Å². The van der Waals surface area contributed by atoms with E-state index in [9.17, 15) is 18.0 Å². The first kappa shape index (κ1) is 21.8. The first-order valence-corrected chi connectivity index (χ1v) is 9.66. The summed E-state index contributed by atoms with van der Waals surface area (Å²) in [4.78, 5) is 15.3. The van der Waals surface area contributed by atoms with Crippen LogP contribution in [0.25, 0.3) is 11.0 Å². The number of nitrogens with zero attached hydrogens (tertiary/aromatic N) is 2. The number of halogens is 3. The van der Waals surface area contributed by atoms with Crippen molar-refractivity contribution in [3.8, 4) is 5.75 Å². The minimum absolute atomic E-state index is 0.00780. The molecule has 0 amide bonds. The molecule has 0 bridgehead atoms. The smallest absolute Gasteiger partial charge is 0.449 e. The number of fused-ring (bicyclic) bond motifs is 1. The van der Waals surface area contributed by atoms with Crippen molar-refractivity contribution in [2.24, 2.45) is 0 Å². The molecule has 0 N–H and O–H groups in total. The molecule has 1 atom stereocenters. The van der Waals surface area contributed by atoms with Gasteiger partial charge in [-0.05, 0) is 43.7 Å². The number of para-hydroxylation sites is 2. The predicted octanol–water partition coefficient (Wildman–Crippen LogP) is 4.67. The number of carbonyl (C=O) groups is 1. The third-order valence-corrected chi connectivity index (χ3v) is 4.66. The zero-order chi connectivity index (χ0) is 21.7. The molecule has 0 aliphatic carbocycles. The van der Waals surface area contributed by atoms with Crippen molar-refractivity contribution in [1.29, 1.82) is 0 Å². The molecule has 30 heavy (non-hydrogen) atoms. The maximum absolute atomic E-state index is 13.3. The minimum Gasteiger partial charge on any atom is -0.492 e. The largest absolute Gasteiger partial charge is 0.492 e. The van der Waals surface area contributed by atoms with Gasteiger partial charge in [-0.25, -0.2) is 4.98 Å². The Morgan fingerprint density at radius 2 is 1.83 bits per heavy atom. The number of aromatic nitrogens is 2. The van der Waals surface area contributed by atoms with Gasteiger partial charge in [0.05, 0.1) is 17.6 Å². The number of carbonyl (C=O) groups excluding carboxylic acids is 1. The topological polar surface area (TPSA) is 53.4 Å². The highest BCUT2D eigenvalue weighted by molar-refractivity contribution is 5.80. The number of benzene rings is 2. The van der Waals surface area contributed by atoms with E-state index in [0.29, 0.717) is 29.8 Å². The van der Waals surface area contributed by atoms with Gasteiger partial charge in [-0.3, -0.25) is 4.79 Å². The van der Waals surface area contributed by atoms with Crippen LogP contribution in [-0.2, 0) is 28.7 Å². The monoisotopic (exact) mass is 420 g/mol. The lowest BCUT2D eigenvalue weighted by Gasteiger charge is -2.15. The summed E-state index contributed by atoms with van der Waals surface area (Å²) in [5.41, 5.74) is 1.62. The Hall–Kier alpha value is -2.87. The van der Waals surface area contributed by atoms with Crippen molar-refractivity contribution < 1.29 is 27.4 Å². The van der Waals surface area contributed by atoms with Gasteiger partial charge in [0, 0.05) is 13.0 Å². The second-order valence-corrected chi connectivity index (χ2v) is 6.82. The van der Waals surface area contributed by atoms with Gasteiger partial charge < -0.3 is 14.0 Å². The number of ketones is 1. The molecule has 1 aromatic heterocycles. The Bertz CT molecular complexity index is 997. The molecule has 0 aliphatic heterocycles. The third kappa shape index (κ3) is 5.18. The third-order valence-electron chi connectivity index (χ3n) is 4.66. The van der Waals surface area contributed by atoms with Gasteiger partial charge in [0.1, 0.15) is 18.5 Å². The predicted molar refractivity (Wildman–Crippen MR) is 106 cm³/mol. The number of imidazole rings is 1. The maximum atomic E-state index is 13.3. The molecule has 3 rings (SSSR count). The Morgan fingerprint density at radius 3 is 2.47 bits per heavy atom. The molecule has 0 saturated carbocycles. The van der Waals surface area contributed by atoms with Crippen LogP contribution in [0.2, 0.25) is 0 Å². The number of ether oxygens (including phenoxy) is 2. The first-order chi connectivity index (χ1) is 14.3. The Balaban J connectivity index is 1.65. The first-order valence-electron chi connectivity index (χ1n) is 9.66. The second kappa shape index (κ2) is 9.30. The van der Waals surface area contributed by atoms with Crippen molar-refractivity contribution in [2.75, 3.05) is 13.2 Å².